The number of piperazine rings is 1. The summed E-state index contributed by atoms with van der Waals surface area (Å²) in [5.74, 6) is -0.0192. The molecule has 1 saturated heterocycles. The number of alkyl halides is 3. The van der Waals surface area contributed by atoms with Gasteiger partial charge in [0, 0.05) is 51.5 Å². The zero-order valence-electron chi connectivity index (χ0n) is 15.9. The summed E-state index contributed by atoms with van der Waals surface area (Å²) in [5, 5.41) is 7.15. The quantitative estimate of drug-likeness (QED) is 0.842. The van der Waals surface area contributed by atoms with Crippen LogP contribution in [0.15, 0.2) is 36.7 Å². The van der Waals surface area contributed by atoms with E-state index in [2.05, 4.69) is 15.3 Å². The fourth-order valence-electron chi connectivity index (χ4n) is 3.44. The summed E-state index contributed by atoms with van der Waals surface area (Å²) in [6.45, 7) is 2.74. The van der Waals surface area contributed by atoms with Crippen LogP contribution in [-0.4, -0.2) is 58.7 Å². The number of hydrogen-bond acceptors (Lipinski definition) is 4. The Balaban J connectivity index is 1.58. The highest BCUT2D eigenvalue weighted by Gasteiger charge is 2.31. The molecule has 28 heavy (non-hydrogen) atoms. The van der Waals surface area contributed by atoms with Gasteiger partial charge in [-0.1, -0.05) is 18.2 Å². The number of nitrogens with one attached hydrogen (secondary N) is 1. The van der Waals surface area contributed by atoms with Gasteiger partial charge in [-0.2, -0.15) is 18.3 Å². The number of carbonyl (C=O) groups is 1. The molecule has 2 aromatic rings. The van der Waals surface area contributed by atoms with E-state index in [4.69, 9.17) is 0 Å². The second-order valence-electron chi connectivity index (χ2n) is 6.97. The van der Waals surface area contributed by atoms with Crippen molar-refractivity contribution in [2.75, 3.05) is 33.2 Å². The van der Waals surface area contributed by atoms with Crippen molar-refractivity contribution in [2.24, 2.45) is 7.05 Å². The zero-order valence-corrected chi connectivity index (χ0v) is 15.9. The molecule has 1 aromatic heterocycles. The van der Waals surface area contributed by atoms with Crippen molar-refractivity contribution >= 4 is 5.91 Å². The first kappa shape index (κ1) is 20.3. The predicted octanol–water partition coefficient (Wildman–Crippen LogP) is 2.04. The Labute approximate surface area is 161 Å². The van der Waals surface area contributed by atoms with Crippen LogP contribution in [0.25, 0.3) is 0 Å². The molecule has 0 bridgehead atoms. The summed E-state index contributed by atoms with van der Waals surface area (Å²) in [6, 6.07) is 4.95. The van der Waals surface area contributed by atoms with E-state index in [-0.39, 0.29) is 5.91 Å². The maximum Gasteiger partial charge on any atom is 0.416 e. The Bertz CT molecular complexity index is 812. The number of nitrogens with zero attached hydrogens (tertiary/aromatic N) is 4. The lowest BCUT2D eigenvalue weighted by molar-refractivity contribution is -0.138. The average Bonchev–Trinajstić information content (AvgIpc) is 3.08. The van der Waals surface area contributed by atoms with E-state index in [1.807, 2.05) is 6.20 Å². The van der Waals surface area contributed by atoms with Crippen molar-refractivity contribution in [1.29, 1.82) is 0 Å². The number of carbonyl (C=O) groups excluding carboxylic acids is 1. The van der Waals surface area contributed by atoms with Crippen LogP contribution in [0.3, 0.4) is 0 Å². The lowest BCUT2D eigenvalue weighted by Crippen LogP contribution is -2.51. The number of hydrogen-bond donors (Lipinski definition) is 1. The molecular weight excluding hydrogens is 371 g/mol. The molecule has 6 nitrogen and oxygen atoms in total. The molecule has 152 valence electrons. The van der Waals surface area contributed by atoms with Gasteiger partial charge in [-0.3, -0.25) is 14.4 Å². The van der Waals surface area contributed by atoms with Gasteiger partial charge in [0.05, 0.1) is 11.8 Å². The minimum atomic E-state index is -4.34. The highest BCUT2D eigenvalue weighted by molar-refractivity contribution is 5.83. The summed E-state index contributed by atoms with van der Waals surface area (Å²) >= 11 is 0. The fourth-order valence-corrected chi connectivity index (χ4v) is 3.44. The van der Waals surface area contributed by atoms with Gasteiger partial charge < -0.3 is 10.2 Å². The average molecular weight is 395 g/mol. The topological polar surface area (TPSA) is 53.4 Å². The highest BCUT2D eigenvalue weighted by atomic mass is 19.4. The molecule has 1 unspecified atom stereocenters. The number of rotatable bonds is 5. The molecule has 3 rings (SSSR count). The molecule has 1 atom stereocenters. The van der Waals surface area contributed by atoms with Crippen molar-refractivity contribution in [2.45, 2.75) is 18.8 Å². The van der Waals surface area contributed by atoms with Crippen molar-refractivity contribution in [1.82, 2.24) is 24.9 Å². The Morgan fingerprint density at radius 3 is 2.54 bits per heavy atom. The lowest BCUT2D eigenvalue weighted by Gasteiger charge is -2.36. The van der Waals surface area contributed by atoms with Crippen molar-refractivity contribution in [3.8, 4) is 0 Å². The van der Waals surface area contributed by atoms with Gasteiger partial charge >= 0.3 is 6.18 Å². The number of likely N-dealkylation sites (N-methyl/N-ethyl adjacent to an activating group) is 1. The monoisotopic (exact) mass is 395 g/mol. The lowest BCUT2D eigenvalue weighted by atomic mass is 10.1. The number of halogens is 3. The summed E-state index contributed by atoms with van der Waals surface area (Å²) in [5.41, 5.74) is 0.798. The molecule has 1 N–H and O–H groups in total. The summed E-state index contributed by atoms with van der Waals surface area (Å²) in [4.78, 5) is 16.7. The van der Waals surface area contributed by atoms with Crippen molar-refractivity contribution in [3.63, 3.8) is 0 Å². The Hall–Kier alpha value is -2.39. The van der Waals surface area contributed by atoms with Gasteiger partial charge in [0.15, 0.2) is 0 Å². The second-order valence-corrected chi connectivity index (χ2v) is 6.97. The predicted molar refractivity (Wildman–Crippen MR) is 98.3 cm³/mol. The van der Waals surface area contributed by atoms with Crippen molar-refractivity contribution in [3.05, 3.63) is 53.3 Å². The van der Waals surface area contributed by atoms with E-state index in [1.165, 1.54) is 12.1 Å². The Morgan fingerprint density at radius 2 is 1.96 bits per heavy atom. The van der Waals surface area contributed by atoms with Gasteiger partial charge in [0.1, 0.15) is 6.04 Å². The molecule has 0 saturated carbocycles. The number of aryl methyl sites for hydroxylation is 1. The molecule has 1 aliphatic rings. The third-order valence-corrected chi connectivity index (χ3v) is 4.94. The van der Waals surface area contributed by atoms with Gasteiger partial charge in [-0.05, 0) is 18.7 Å². The normalized spacial score (nSPS) is 17.0. The van der Waals surface area contributed by atoms with Gasteiger partial charge in [-0.25, -0.2) is 0 Å². The molecule has 1 amide bonds. The van der Waals surface area contributed by atoms with E-state index in [9.17, 15) is 18.0 Å². The van der Waals surface area contributed by atoms with E-state index in [0.29, 0.717) is 38.3 Å². The molecule has 9 heteroatoms. The van der Waals surface area contributed by atoms with Crippen LogP contribution in [0.1, 0.15) is 22.7 Å². The van der Waals surface area contributed by atoms with Crippen LogP contribution < -0.4 is 5.32 Å². The van der Waals surface area contributed by atoms with Crippen LogP contribution in [0.4, 0.5) is 13.2 Å². The summed E-state index contributed by atoms with van der Waals surface area (Å²) in [7, 11) is 3.53. The fraction of sp³-hybridized carbons (Fsp3) is 0.474. The van der Waals surface area contributed by atoms with Crippen LogP contribution in [0, 0.1) is 0 Å². The molecule has 1 fully saturated rings. The zero-order chi connectivity index (χ0) is 20.3. The van der Waals surface area contributed by atoms with Crippen LogP contribution >= 0.6 is 0 Å². The second kappa shape index (κ2) is 8.32. The molecule has 2 heterocycles. The highest BCUT2D eigenvalue weighted by Crippen LogP contribution is 2.29. The van der Waals surface area contributed by atoms with Crippen LogP contribution in [0.5, 0.6) is 0 Å². The SMILES string of the molecule is CNC(C(=O)N1CCN(Cc2cccc(C(F)(F)F)c2)CC1)c1cnn(C)c1. The largest absolute Gasteiger partial charge is 0.416 e. The molecular formula is C19H24F3N5O. The molecule has 1 aromatic carbocycles. The first-order valence-corrected chi connectivity index (χ1v) is 9.11. The van der Waals surface area contributed by atoms with Gasteiger partial charge in [0.25, 0.3) is 0 Å². The van der Waals surface area contributed by atoms with Gasteiger partial charge in [0.2, 0.25) is 5.91 Å². The summed E-state index contributed by atoms with van der Waals surface area (Å²) < 4.78 is 40.3. The maximum absolute atomic E-state index is 12.9. The van der Waals surface area contributed by atoms with Crippen LogP contribution in [-0.2, 0) is 24.6 Å². The number of benzene rings is 1. The maximum atomic E-state index is 12.9. The Kier molecular flexibility index (Phi) is 6.04. The van der Waals surface area contributed by atoms with Crippen LogP contribution in [0.2, 0.25) is 0 Å². The standard InChI is InChI=1S/C19H24F3N5O/c1-23-17(15-11-24-25(2)13-15)18(28)27-8-6-26(7-9-27)12-14-4-3-5-16(10-14)19(20,21)22/h3-5,10-11,13,17,23H,6-9,12H2,1-2H3. The molecule has 1 aliphatic heterocycles. The number of amides is 1. The van der Waals surface area contributed by atoms with Crippen molar-refractivity contribution < 1.29 is 18.0 Å². The van der Waals surface area contributed by atoms with E-state index < -0.39 is 17.8 Å². The van der Waals surface area contributed by atoms with Gasteiger partial charge in [-0.15, -0.1) is 0 Å². The minimum absolute atomic E-state index is 0.0192. The first-order valence-electron chi connectivity index (χ1n) is 9.11. The molecule has 0 radical (unpaired) electrons. The first-order chi connectivity index (χ1) is 13.3. The summed E-state index contributed by atoms with van der Waals surface area (Å²) in [6.07, 6.45) is -0.860. The smallest absolute Gasteiger partial charge is 0.338 e. The molecule has 0 spiro atoms. The minimum Gasteiger partial charge on any atom is -0.338 e. The van der Waals surface area contributed by atoms with E-state index in [0.717, 1.165) is 11.6 Å². The third kappa shape index (κ3) is 4.71. The third-order valence-electron chi connectivity index (χ3n) is 4.94. The van der Waals surface area contributed by atoms with E-state index in [1.54, 1.807) is 35.9 Å². The van der Waals surface area contributed by atoms with E-state index >= 15 is 0 Å². The molecule has 0 aliphatic carbocycles. The Morgan fingerprint density at radius 1 is 1.25 bits per heavy atom. The number of aromatic nitrogens is 2.